The number of hydrogen-bond acceptors (Lipinski definition) is 4. The van der Waals surface area contributed by atoms with Gasteiger partial charge in [-0.1, -0.05) is 16.8 Å². The Morgan fingerprint density at radius 3 is 2.88 bits per heavy atom. The molecule has 4 nitrogen and oxygen atoms in total. The summed E-state index contributed by atoms with van der Waals surface area (Å²) < 4.78 is 23.2. The van der Waals surface area contributed by atoms with Gasteiger partial charge in [-0.05, 0) is 12.1 Å². The van der Waals surface area contributed by atoms with Gasteiger partial charge in [0.15, 0.2) is 5.76 Å². The highest BCUT2D eigenvalue weighted by atomic mass is 35.5. The summed E-state index contributed by atoms with van der Waals surface area (Å²) >= 11 is 5.61. The van der Waals surface area contributed by atoms with E-state index >= 15 is 0 Å². The zero-order valence-electron chi connectivity index (χ0n) is 8.82. The van der Waals surface area contributed by atoms with Crippen molar-refractivity contribution in [3.63, 3.8) is 0 Å². The van der Waals surface area contributed by atoms with E-state index in [-0.39, 0.29) is 11.6 Å². The SMILES string of the molecule is NCc1cc(COc2ccc(F)c(Cl)c2)on1. The first kappa shape index (κ1) is 11.9. The second-order valence-corrected chi connectivity index (χ2v) is 3.76. The highest BCUT2D eigenvalue weighted by Crippen LogP contribution is 2.21. The molecule has 0 aliphatic carbocycles. The normalized spacial score (nSPS) is 10.5. The van der Waals surface area contributed by atoms with Crippen molar-refractivity contribution >= 4 is 11.6 Å². The lowest BCUT2D eigenvalue weighted by Gasteiger charge is -2.03. The first-order valence-electron chi connectivity index (χ1n) is 4.91. The molecule has 0 atom stereocenters. The number of hydrogen-bond donors (Lipinski definition) is 1. The molecule has 0 aliphatic rings. The van der Waals surface area contributed by atoms with Gasteiger partial charge < -0.3 is 15.0 Å². The molecule has 0 fully saturated rings. The van der Waals surface area contributed by atoms with E-state index in [9.17, 15) is 4.39 Å². The van der Waals surface area contributed by atoms with Crippen LogP contribution in [0.5, 0.6) is 5.75 Å². The summed E-state index contributed by atoms with van der Waals surface area (Å²) in [7, 11) is 0. The fraction of sp³-hybridized carbons (Fsp3) is 0.182. The van der Waals surface area contributed by atoms with Crippen molar-refractivity contribution in [1.29, 1.82) is 0 Å². The van der Waals surface area contributed by atoms with E-state index in [4.69, 9.17) is 26.6 Å². The molecule has 1 heterocycles. The number of nitrogens with zero attached hydrogens (tertiary/aromatic N) is 1. The Balaban J connectivity index is 1.99. The molecule has 0 bridgehead atoms. The largest absolute Gasteiger partial charge is 0.485 e. The molecule has 0 aliphatic heterocycles. The zero-order chi connectivity index (χ0) is 12.3. The molecular weight excluding hydrogens is 247 g/mol. The van der Waals surface area contributed by atoms with Crippen LogP contribution < -0.4 is 10.5 Å². The summed E-state index contributed by atoms with van der Waals surface area (Å²) in [6.45, 7) is 0.501. The number of aromatic nitrogens is 1. The topological polar surface area (TPSA) is 61.3 Å². The molecule has 0 radical (unpaired) electrons. The predicted octanol–water partition coefficient (Wildman–Crippen LogP) is 2.50. The maximum atomic E-state index is 12.9. The summed E-state index contributed by atoms with van der Waals surface area (Å²) in [6.07, 6.45) is 0. The van der Waals surface area contributed by atoms with Crippen molar-refractivity contribution < 1.29 is 13.7 Å². The number of benzene rings is 1. The molecular formula is C11H10ClFN2O2. The van der Waals surface area contributed by atoms with E-state index in [1.54, 1.807) is 6.07 Å². The van der Waals surface area contributed by atoms with Crippen LogP contribution in [0.4, 0.5) is 4.39 Å². The highest BCUT2D eigenvalue weighted by molar-refractivity contribution is 6.30. The molecule has 0 saturated carbocycles. The van der Waals surface area contributed by atoms with Gasteiger partial charge in [-0.2, -0.15) is 0 Å². The van der Waals surface area contributed by atoms with Crippen molar-refractivity contribution in [3.05, 3.63) is 46.6 Å². The Hall–Kier alpha value is -1.59. The predicted molar refractivity (Wildman–Crippen MR) is 60.1 cm³/mol. The lowest BCUT2D eigenvalue weighted by atomic mass is 10.3. The van der Waals surface area contributed by atoms with Crippen LogP contribution in [-0.2, 0) is 13.2 Å². The summed E-state index contributed by atoms with van der Waals surface area (Å²) in [5, 5.41) is 3.73. The van der Waals surface area contributed by atoms with E-state index in [2.05, 4.69) is 5.16 Å². The molecule has 0 unspecified atom stereocenters. The third-order valence-corrected chi connectivity index (χ3v) is 2.38. The minimum absolute atomic E-state index is 0.0164. The Morgan fingerprint density at radius 2 is 2.24 bits per heavy atom. The molecule has 6 heteroatoms. The molecule has 0 amide bonds. The maximum absolute atomic E-state index is 12.9. The summed E-state index contributed by atoms with van der Waals surface area (Å²) in [4.78, 5) is 0. The van der Waals surface area contributed by atoms with Gasteiger partial charge in [0.2, 0.25) is 0 Å². The van der Waals surface area contributed by atoms with Crippen LogP contribution >= 0.6 is 11.6 Å². The molecule has 0 saturated heterocycles. The first-order valence-corrected chi connectivity index (χ1v) is 5.29. The van der Waals surface area contributed by atoms with Gasteiger partial charge in [0.1, 0.15) is 18.2 Å². The third-order valence-electron chi connectivity index (χ3n) is 2.09. The van der Waals surface area contributed by atoms with Gasteiger partial charge in [0.05, 0.1) is 10.7 Å². The molecule has 2 rings (SSSR count). The Labute approximate surface area is 102 Å². The highest BCUT2D eigenvalue weighted by Gasteiger charge is 2.05. The van der Waals surface area contributed by atoms with Gasteiger partial charge >= 0.3 is 0 Å². The van der Waals surface area contributed by atoms with Crippen molar-refractivity contribution in [2.24, 2.45) is 5.73 Å². The van der Waals surface area contributed by atoms with Gasteiger partial charge in [-0.25, -0.2) is 4.39 Å². The molecule has 0 spiro atoms. The lowest BCUT2D eigenvalue weighted by Crippen LogP contribution is -1.96. The van der Waals surface area contributed by atoms with E-state index < -0.39 is 5.82 Å². The number of ether oxygens (including phenoxy) is 1. The second-order valence-electron chi connectivity index (χ2n) is 3.35. The Bertz CT molecular complexity index is 516. The van der Waals surface area contributed by atoms with Crippen molar-refractivity contribution in [2.75, 3.05) is 0 Å². The molecule has 90 valence electrons. The van der Waals surface area contributed by atoms with E-state index in [0.717, 1.165) is 0 Å². The van der Waals surface area contributed by atoms with E-state index in [1.165, 1.54) is 18.2 Å². The molecule has 1 aromatic heterocycles. The fourth-order valence-corrected chi connectivity index (χ4v) is 1.41. The number of nitrogens with two attached hydrogens (primary N) is 1. The first-order chi connectivity index (χ1) is 8.19. The summed E-state index contributed by atoms with van der Waals surface area (Å²) in [6, 6.07) is 5.83. The monoisotopic (exact) mass is 256 g/mol. The van der Waals surface area contributed by atoms with Crippen molar-refractivity contribution in [1.82, 2.24) is 5.16 Å². The number of rotatable bonds is 4. The fourth-order valence-electron chi connectivity index (χ4n) is 1.24. The van der Waals surface area contributed by atoms with Crippen LogP contribution in [0.3, 0.4) is 0 Å². The lowest BCUT2D eigenvalue weighted by molar-refractivity contribution is 0.248. The van der Waals surface area contributed by atoms with Gasteiger partial charge in [-0.3, -0.25) is 0 Å². The van der Waals surface area contributed by atoms with Gasteiger partial charge in [0.25, 0.3) is 0 Å². The Morgan fingerprint density at radius 1 is 1.41 bits per heavy atom. The zero-order valence-corrected chi connectivity index (χ0v) is 9.58. The minimum Gasteiger partial charge on any atom is -0.485 e. The van der Waals surface area contributed by atoms with Crippen molar-refractivity contribution in [3.8, 4) is 5.75 Å². The van der Waals surface area contributed by atoms with E-state index in [0.29, 0.717) is 23.7 Å². The molecule has 2 aromatic rings. The Kier molecular flexibility index (Phi) is 3.61. The number of halogens is 2. The van der Waals surface area contributed by atoms with Gasteiger partial charge in [0, 0.05) is 18.7 Å². The molecule has 17 heavy (non-hydrogen) atoms. The second kappa shape index (κ2) is 5.16. The smallest absolute Gasteiger partial charge is 0.174 e. The van der Waals surface area contributed by atoms with Crippen LogP contribution in [0.1, 0.15) is 11.5 Å². The average molecular weight is 257 g/mol. The van der Waals surface area contributed by atoms with Crippen LogP contribution in [0.15, 0.2) is 28.8 Å². The standard InChI is InChI=1S/C11H10ClFN2O2/c12-10-4-8(1-2-11(10)13)16-6-9-3-7(5-14)15-17-9/h1-4H,5-6,14H2. The molecule has 1 aromatic carbocycles. The average Bonchev–Trinajstić information content (AvgIpc) is 2.79. The van der Waals surface area contributed by atoms with Crippen LogP contribution in [0.25, 0.3) is 0 Å². The van der Waals surface area contributed by atoms with Gasteiger partial charge in [-0.15, -0.1) is 0 Å². The summed E-state index contributed by atoms with van der Waals surface area (Å²) in [5.74, 6) is 0.525. The molecule has 2 N–H and O–H groups in total. The van der Waals surface area contributed by atoms with E-state index in [1.807, 2.05) is 0 Å². The van der Waals surface area contributed by atoms with Crippen molar-refractivity contribution in [2.45, 2.75) is 13.2 Å². The summed E-state index contributed by atoms with van der Waals surface area (Å²) in [5.41, 5.74) is 6.04. The quantitative estimate of drug-likeness (QED) is 0.913. The third kappa shape index (κ3) is 2.95. The maximum Gasteiger partial charge on any atom is 0.174 e. The minimum atomic E-state index is -0.482. The van der Waals surface area contributed by atoms with Crippen LogP contribution in [0.2, 0.25) is 5.02 Å². The van der Waals surface area contributed by atoms with Crippen LogP contribution in [0, 0.1) is 5.82 Å². The van der Waals surface area contributed by atoms with Crippen LogP contribution in [-0.4, -0.2) is 5.16 Å².